The van der Waals surface area contributed by atoms with Gasteiger partial charge >= 0.3 is 12.0 Å². The van der Waals surface area contributed by atoms with Crippen molar-refractivity contribution >= 4 is 12.0 Å². The van der Waals surface area contributed by atoms with Crippen LogP contribution in [0.5, 0.6) is 0 Å². The number of carbonyl (C=O) groups excluding carboxylic acids is 1. The van der Waals surface area contributed by atoms with Gasteiger partial charge in [-0.2, -0.15) is 0 Å². The fraction of sp³-hybridized carbons (Fsp3) is 0.818. The van der Waals surface area contributed by atoms with Crippen LogP contribution < -0.4 is 5.32 Å². The van der Waals surface area contributed by atoms with Gasteiger partial charge in [0.2, 0.25) is 0 Å². The van der Waals surface area contributed by atoms with E-state index in [2.05, 4.69) is 5.32 Å². The molecule has 0 saturated heterocycles. The third-order valence-electron chi connectivity index (χ3n) is 3.22. The Labute approximate surface area is 104 Å². The summed E-state index contributed by atoms with van der Waals surface area (Å²) in [6.07, 6.45) is 0.411. The zero-order valence-electron chi connectivity index (χ0n) is 10.3. The van der Waals surface area contributed by atoms with Crippen molar-refractivity contribution in [3.8, 4) is 0 Å². The normalized spacial score (nSPS) is 18.4. The SMILES string of the molecule is CN(CC(F)F)C(=O)NC1(C(=O)O)CCCCC1. The Kier molecular flexibility index (Phi) is 4.86. The second-order valence-corrected chi connectivity index (χ2v) is 4.65. The van der Waals surface area contributed by atoms with E-state index in [1.54, 1.807) is 0 Å². The van der Waals surface area contributed by atoms with Crippen LogP contribution >= 0.6 is 0 Å². The monoisotopic (exact) mass is 264 g/mol. The first kappa shape index (κ1) is 14.7. The molecule has 5 nitrogen and oxygen atoms in total. The lowest BCUT2D eigenvalue weighted by Crippen LogP contribution is -2.58. The minimum atomic E-state index is -2.63. The third kappa shape index (κ3) is 3.54. The van der Waals surface area contributed by atoms with Gasteiger partial charge in [0.25, 0.3) is 6.43 Å². The van der Waals surface area contributed by atoms with Gasteiger partial charge in [-0.15, -0.1) is 0 Å². The van der Waals surface area contributed by atoms with E-state index in [4.69, 9.17) is 0 Å². The number of halogens is 2. The predicted octanol–water partition coefficient (Wildman–Crippen LogP) is 1.68. The molecule has 2 amide bonds. The number of carboxylic acids is 1. The highest BCUT2D eigenvalue weighted by Gasteiger charge is 2.41. The summed E-state index contributed by atoms with van der Waals surface area (Å²) in [6.45, 7) is -0.707. The summed E-state index contributed by atoms with van der Waals surface area (Å²) in [5.41, 5.74) is -1.30. The topological polar surface area (TPSA) is 69.6 Å². The average Bonchev–Trinajstić information content (AvgIpc) is 2.29. The van der Waals surface area contributed by atoms with Crippen molar-refractivity contribution in [2.45, 2.75) is 44.1 Å². The number of nitrogens with one attached hydrogen (secondary N) is 1. The van der Waals surface area contributed by atoms with E-state index >= 15 is 0 Å². The summed E-state index contributed by atoms with van der Waals surface area (Å²) in [7, 11) is 1.22. The Morgan fingerprint density at radius 3 is 2.33 bits per heavy atom. The van der Waals surface area contributed by atoms with Gasteiger partial charge in [-0.3, -0.25) is 0 Å². The van der Waals surface area contributed by atoms with Crippen molar-refractivity contribution < 1.29 is 23.5 Å². The number of nitrogens with zero attached hydrogens (tertiary/aromatic N) is 1. The fourth-order valence-electron chi connectivity index (χ4n) is 2.14. The molecular formula is C11H18F2N2O3. The molecular weight excluding hydrogens is 246 g/mol. The quantitative estimate of drug-likeness (QED) is 0.811. The van der Waals surface area contributed by atoms with E-state index in [1.807, 2.05) is 0 Å². The van der Waals surface area contributed by atoms with Crippen LogP contribution in [-0.2, 0) is 4.79 Å². The lowest BCUT2D eigenvalue weighted by atomic mass is 9.82. The maximum atomic E-state index is 12.1. The maximum absolute atomic E-state index is 12.1. The second-order valence-electron chi connectivity index (χ2n) is 4.65. The van der Waals surface area contributed by atoms with Gasteiger partial charge in [-0.1, -0.05) is 19.3 Å². The molecule has 1 fully saturated rings. The average molecular weight is 264 g/mol. The van der Waals surface area contributed by atoms with Crippen molar-refractivity contribution in [2.75, 3.05) is 13.6 Å². The zero-order valence-corrected chi connectivity index (χ0v) is 10.3. The number of alkyl halides is 2. The summed E-state index contributed by atoms with van der Waals surface area (Å²) in [6, 6.07) is -0.764. The molecule has 0 aromatic carbocycles. The molecule has 104 valence electrons. The van der Waals surface area contributed by atoms with Crippen molar-refractivity contribution in [3.63, 3.8) is 0 Å². The van der Waals surface area contributed by atoms with E-state index in [9.17, 15) is 23.5 Å². The number of rotatable bonds is 4. The van der Waals surface area contributed by atoms with Crippen LogP contribution in [-0.4, -0.2) is 47.6 Å². The summed E-state index contributed by atoms with van der Waals surface area (Å²) in [4.78, 5) is 23.8. The van der Waals surface area contributed by atoms with Gasteiger partial charge in [0.05, 0.1) is 6.54 Å². The van der Waals surface area contributed by atoms with Crippen LogP contribution in [0.4, 0.5) is 13.6 Å². The molecule has 18 heavy (non-hydrogen) atoms. The highest BCUT2D eigenvalue weighted by molar-refractivity contribution is 5.86. The Bertz CT molecular complexity index is 317. The highest BCUT2D eigenvalue weighted by atomic mass is 19.3. The molecule has 1 aliphatic carbocycles. The molecule has 0 radical (unpaired) electrons. The van der Waals surface area contributed by atoms with Gasteiger partial charge < -0.3 is 15.3 Å². The molecule has 0 bridgehead atoms. The lowest BCUT2D eigenvalue weighted by Gasteiger charge is -2.35. The standard InChI is InChI=1S/C11H18F2N2O3/c1-15(7-8(12)13)10(18)14-11(9(16)17)5-3-2-4-6-11/h8H,2-7H2,1H3,(H,14,18)(H,16,17). The number of hydrogen-bond acceptors (Lipinski definition) is 2. The number of aliphatic carboxylic acids is 1. The fourth-order valence-corrected chi connectivity index (χ4v) is 2.14. The molecule has 0 spiro atoms. The molecule has 1 aliphatic rings. The number of carboxylic acid groups (broad SMARTS) is 1. The maximum Gasteiger partial charge on any atom is 0.329 e. The van der Waals surface area contributed by atoms with Crippen molar-refractivity contribution in [2.24, 2.45) is 0 Å². The van der Waals surface area contributed by atoms with Gasteiger partial charge in [-0.05, 0) is 12.8 Å². The van der Waals surface area contributed by atoms with E-state index in [1.165, 1.54) is 7.05 Å². The van der Waals surface area contributed by atoms with E-state index in [0.717, 1.165) is 11.3 Å². The molecule has 0 heterocycles. The molecule has 0 unspecified atom stereocenters. The summed E-state index contributed by atoms with van der Waals surface area (Å²) < 4.78 is 24.3. The minimum Gasteiger partial charge on any atom is -0.480 e. The highest BCUT2D eigenvalue weighted by Crippen LogP contribution is 2.28. The summed E-state index contributed by atoms with van der Waals surface area (Å²) in [5, 5.41) is 11.6. The predicted molar refractivity (Wildman–Crippen MR) is 60.6 cm³/mol. The third-order valence-corrected chi connectivity index (χ3v) is 3.22. The summed E-state index contributed by atoms with van der Waals surface area (Å²) >= 11 is 0. The van der Waals surface area contributed by atoms with Crippen LogP contribution in [0.2, 0.25) is 0 Å². The van der Waals surface area contributed by atoms with Crippen molar-refractivity contribution in [1.82, 2.24) is 10.2 Å². The largest absolute Gasteiger partial charge is 0.480 e. The van der Waals surface area contributed by atoms with Gasteiger partial charge in [0.15, 0.2) is 0 Å². The molecule has 0 aromatic rings. The molecule has 0 aromatic heterocycles. The van der Waals surface area contributed by atoms with E-state index < -0.39 is 30.5 Å². The molecule has 1 rings (SSSR count). The Morgan fingerprint density at radius 2 is 1.89 bits per heavy atom. The number of urea groups is 1. The van der Waals surface area contributed by atoms with E-state index in [0.29, 0.717) is 25.7 Å². The number of hydrogen-bond donors (Lipinski definition) is 2. The number of amides is 2. The van der Waals surface area contributed by atoms with Crippen LogP contribution in [0.25, 0.3) is 0 Å². The Hall–Kier alpha value is -1.40. The lowest BCUT2D eigenvalue weighted by molar-refractivity contribution is -0.145. The van der Waals surface area contributed by atoms with Crippen LogP contribution in [0.15, 0.2) is 0 Å². The summed E-state index contributed by atoms with van der Waals surface area (Å²) in [5.74, 6) is -1.10. The Balaban J connectivity index is 2.66. The van der Waals surface area contributed by atoms with Crippen LogP contribution in [0.1, 0.15) is 32.1 Å². The first-order valence-electron chi connectivity index (χ1n) is 5.92. The first-order valence-corrected chi connectivity index (χ1v) is 5.92. The van der Waals surface area contributed by atoms with Crippen molar-refractivity contribution in [3.05, 3.63) is 0 Å². The second kappa shape index (κ2) is 5.97. The first-order chi connectivity index (χ1) is 8.37. The Morgan fingerprint density at radius 1 is 1.33 bits per heavy atom. The smallest absolute Gasteiger partial charge is 0.329 e. The van der Waals surface area contributed by atoms with Gasteiger partial charge in [-0.25, -0.2) is 18.4 Å². The molecule has 7 heteroatoms. The number of carbonyl (C=O) groups is 2. The zero-order chi connectivity index (χ0) is 13.8. The van der Waals surface area contributed by atoms with Crippen LogP contribution in [0.3, 0.4) is 0 Å². The van der Waals surface area contributed by atoms with Crippen LogP contribution in [0, 0.1) is 0 Å². The minimum absolute atomic E-state index is 0.344. The molecule has 2 N–H and O–H groups in total. The van der Waals surface area contributed by atoms with E-state index in [-0.39, 0.29) is 0 Å². The molecule has 0 atom stereocenters. The molecule has 0 aliphatic heterocycles. The van der Waals surface area contributed by atoms with Gasteiger partial charge in [0.1, 0.15) is 5.54 Å². The van der Waals surface area contributed by atoms with Gasteiger partial charge in [0, 0.05) is 7.05 Å². The van der Waals surface area contributed by atoms with Crippen molar-refractivity contribution in [1.29, 1.82) is 0 Å². The molecule has 1 saturated carbocycles.